The molecule has 0 unspecified atom stereocenters. The van der Waals surface area contributed by atoms with Crippen LogP contribution in [0, 0.1) is 0 Å². The molecule has 64 heavy (non-hydrogen) atoms. The van der Waals surface area contributed by atoms with E-state index in [2.05, 4.69) is 82.1 Å². The van der Waals surface area contributed by atoms with Crippen molar-refractivity contribution in [3.05, 3.63) is 131 Å². The first-order valence-corrected chi connectivity index (χ1v) is 22.7. The molecular weight excluding hydrogens is 797 g/mol. The lowest BCUT2D eigenvalue weighted by atomic mass is 10.1. The number of imidazole rings is 2. The zero-order valence-electron chi connectivity index (χ0n) is 37.1. The second-order valence-electron chi connectivity index (χ2n) is 17.0. The fraction of sp³-hybridized carbons (Fsp3) is 0.308. The molecule has 0 saturated carbocycles. The Hall–Kier alpha value is -6.76. The van der Waals surface area contributed by atoms with Gasteiger partial charge in [-0.1, -0.05) is 87.4 Å². The van der Waals surface area contributed by atoms with Crippen molar-refractivity contribution in [3.63, 3.8) is 0 Å². The first-order chi connectivity index (χ1) is 31.2. The second kappa shape index (κ2) is 19.7. The Balaban J connectivity index is 0.940. The molecule has 0 bridgehead atoms. The molecule has 2 heterocycles. The molecule has 2 aromatic heterocycles. The fourth-order valence-electron chi connectivity index (χ4n) is 8.69. The SMILES string of the molecule is CCCCc1nc2c(N)cc3ccc(NC(=O)CCCCC(=O)Nc4ccc5cc(N)c6nc(CCCC)n(Cc7ccc(CN)cc7)c6c5c4)cc3c2n1Cc1ccc(CN)cc1. The minimum absolute atomic E-state index is 0.105. The van der Waals surface area contributed by atoms with E-state index < -0.39 is 0 Å². The largest absolute Gasteiger partial charge is 0.397 e. The maximum atomic E-state index is 13.3. The highest BCUT2D eigenvalue weighted by Gasteiger charge is 2.20. The van der Waals surface area contributed by atoms with Crippen molar-refractivity contribution in [2.75, 3.05) is 22.1 Å². The van der Waals surface area contributed by atoms with Crippen LogP contribution in [0.1, 0.15) is 99.1 Å². The van der Waals surface area contributed by atoms with Crippen molar-refractivity contribution in [2.24, 2.45) is 11.5 Å². The van der Waals surface area contributed by atoms with E-state index in [-0.39, 0.29) is 24.7 Å². The molecule has 330 valence electrons. The number of anilines is 4. The van der Waals surface area contributed by atoms with E-state index in [1.807, 2.05) is 48.5 Å². The van der Waals surface area contributed by atoms with Crippen LogP contribution in [0.2, 0.25) is 0 Å². The normalized spacial score (nSPS) is 11.6. The molecule has 6 aromatic carbocycles. The summed E-state index contributed by atoms with van der Waals surface area (Å²) in [5, 5.41) is 10.1. The van der Waals surface area contributed by atoms with Gasteiger partial charge in [-0.05, 0) is 95.1 Å². The number of fused-ring (bicyclic) bond motifs is 6. The van der Waals surface area contributed by atoms with Crippen LogP contribution >= 0.6 is 0 Å². The lowest BCUT2D eigenvalue weighted by Crippen LogP contribution is -2.13. The Kier molecular flexibility index (Phi) is 13.5. The molecule has 0 spiro atoms. The number of rotatable bonds is 19. The van der Waals surface area contributed by atoms with Gasteiger partial charge in [-0.15, -0.1) is 0 Å². The third-order valence-electron chi connectivity index (χ3n) is 12.2. The summed E-state index contributed by atoms with van der Waals surface area (Å²) in [4.78, 5) is 36.7. The van der Waals surface area contributed by atoms with Crippen molar-refractivity contribution in [1.82, 2.24) is 19.1 Å². The van der Waals surface area contributed by atoms with Gasteiger partial charge in [0.05, 0.1) is 22.4 Å². The number of nitrogens with zero attached hydrogens (tertiary/aromatic N) is 4. The summed E-state index contributed by atoms with van der Waals surface area (Å²) in [6.07, 6.45) is 7.50. The van der Waals surface area contributed by atoms with Gasteiger partial charge >= 0.3 is 0 Å². The highest BCUT2D eigenvalue weighted by molar-refractivity contribution is 6.12. The van der Waals surface area contributed by atoms with E-state index in [9.17, 15) is 9.59 Å². The molecule has 0 saturated heterocycles. The van der Waals surface area contributed by atoms with Crippen LogP contribution in [0.25, 0.3) is 43.6 Å². The molecule has 0 atom stereocenters. The fourth-order valence-corrected chi connectivity index (χ4v) is 8.69. The van der Waals surface area contributed by atoms with Gasteiger partial charge in [0.2, 0.25) is 11.8 Å². The lowest BCUT2D eigenvalue weighted by Gasteiger charge is -2.13. The number of aryl methyl sites for hydroxylation is 2. The number of carbonyl (C=O) groups excluding carboxylic acids is 2. The van der Waals surface area contributed by atoms with E-state index in [0.29, 0.717) is 61.8 Å². The first-order valence-electron chi connectivity index (χ1n) is 22.7. The number of benzene rings is 6. The average molecular weight is 857 g/mol. The minimum Gasteiger partial charge on any atom is -0.397 e. The summed E-state index contributed by atoms with van der Waals surface area (Å²) in [6, 6.07) is 32.5. The topological polar surface area (TPSA) is 198 Å². The molecular formula is C52H60N10O2. The van der Waals surface area contributed by atoms with Crippen LogP contribution in [0.15, 0.2) is 97.1 Å². The Bertz CT molecular complexity index is 2750. The van der Waals surface area contributed by atoms with Crippen LogP contribution < -0.4 is 33.6 Å². The van der Waals surface area contributed by atoms with Crippen molar-refractivity contribution in [3.8, 4) is 0 Å². The van der Waals surface area contributed by atoms with Gasteiger partial charge < -0.3 is 42.7 Å². The van der Waals surface area contributed by atoms with Gasteiger partial charge in [-0.3, -0.25) is 9.59 Å². The zero-order valence-corrected chi connectivity index (χ0v) is 37.1. The van der Waals surface area contributed by atoms with E-state index in [1.165, 1.54) is 0 Å². The molecule has 0 fully saturated rings. The summed E-state index contributed by atoms with van der Waals surface area (Å²) in [5.74, 6) is 1.77. The second-order valence-corrected chi connectivity index (χ2v) is 17.0. The number of nitrogens with two attached hydrogens (primary N) is 4. The summed E-state index contributed by atoms with van der Waals surface area (Å²) >= 11 is 0. The van der Waals surface area contributed by atoms with E-state index in [1.54, 1.807) is 0 Å². The summed E-state index contributed by atoms with van der Waals surface area (Å²) in [7, 11) is 0. The molecule has 10 N–H and O–H groups in total. The molecule has 12 nitrogen and oxygen atoms in total. The smallest absolute Gasteiger partial charge is 0.224 e. The monoisotopic (exact) mass is 856 g/mol. The standard InChI is InChI=1S/C52H60N10O2/c1-3-5-9-45-59-49-43(55)25-37-21-23-39(27-41(37)51(49)61(45)31-35-17-13-33(29-53)14-18-35)57-47(63)11-7-8-12-48(64)58-40-24-22-38-26-44(56)50-52(42(38)28-40)62(46(60-50)10-6-4-2)32-36-19-15-34(30-54)16-20-36/h13-28H,3-12,29-32,53-56H2,1-2H3,(H,57,63)(H,58,64). The number of aromatic nitrogens is 4. The van der Waals surface area contributed by atoms with Crippen molar-refractivity contribution >= 4 is 78.2 Å². The molecule has 0 aliphatic rings. The third-order valence-corrected chi connectivity index (χ3v) is 12.2. The van der Waals surface area contributed by atoms with Crippen molar-refractivity contribution in [2.45, 2.75) is 104 Å². The molecule has 0 aliphatic carbocycles. The molecule has 12 heteroatoms. The quantitative estimate of drug-likeness (QED) is 0.0341. The summed E-state index contributed by atoms with van der Waals surface area (Å²) in [5.41, 5.74) is 35.6. The Labute approximate surface area is 374 Å². The predicted molar refractivity (Wildman–Crippen MR) is 263 cm³/mol. The number of unbranched alkanes of at least 4 members (excludes halogenated alkanes) is 3. The number of carbonyl (C=O) groups is 2. The van der Waals surface area contributed by atoms with Gasteiger partial charge in [0.25, 0.3) is 0 Å². The van der Waals surface area contributed by atoms with Crippen LogP contribution in [0.4, 0.5) is 22.7 Å². The van der Waals surface area contributed by atoms with Gasteiger partial charge in [0, 0.05) is 74.0 Å². The number of nitrogens with one attached hydrogen (secondary N) is 2. The molecule has 2 amide bonds. The average Bonchev–Trinajstić information content (AvgIpc) is 3.86. The lowest BCUT2D eigenvalue weighted by molar-refractivity contribution is -0.118. The van der Waals surface area contributed by atoms with E-state index >= 15 is 0 Å². The van der Waals surface area contributed by atoms with Crippen LogP contribution in [0.5, 0.6) is 0 Å². The summed E-state index contributed by atoms with van der Waals surface area (Å²) in [6.45, 7) is 6.63. The number of hydrogen-bond donors (Lipinski definition) is 6. The molecule has 8 rings (SSSR count). The predicted octanol–water partition coefficient (Wildman–Crippen LogP) is 9.69. The Morgan fingerprint density at radius 2 is 0.922 bits per heavy atom. The van der Waals surface area contributed by atoms with Crippen molar-refractivity contribution in [1.29, 1.82) is 0 Å². The number of hydrogen-bond acceptors (Lipinski definition) is 8. The highest BCUT2D eigenvalue weighted by Crippen LogP contribution is 2.36. The van der Waals surface area contributed by atoms with Gasteiger partial charge in [-0.2, -0.15) is 0 Å². The van der Waals surface area contributed by atoms with Gasteiger partial charge in [0.15, 0.2) is 0 Å². The van der Waals surface area contributed by atoms with Crippen LogP contribution in [0.3, 0.4) is 0 Å². The van der Waals surface area contributed by atoms with Crippen LogP contribution in [-0.2, 0) is 48.6 Å². The highest BCUT2D eigenvalue weighted by atomic mass is 16.2. The Morgan fingerprint density at radius 1 is 0.531 bits per heavy atom. The number of amides is 2. The van der Waals surface area contributed by atoms with Gasteiger partial charge in [0.1, 0.15) is 22.7 Å². The Morgan fingerprint density at radius 3 is 1.30 bits per heavy atom. The van der Waals surface area contributed by atoms with Crippen molar-refractivity contribution < 1.29 is 9.59 Å². The maximum absolute atomic E-state index is 13.3. The summed E-state index contributed by atoms with van der Waals surface area (Å²) < 4.78 is 4.55. The van der Waals surface area contributed by atoms with E-state index in [4.69, 9.17) is 32.9 Å². The maximum Gasteiger partial charge on any atom is 0.224 e. The molecule has 8 aromatic rings. The first kappa shape index (κ1) is 43.9. The van der Waals surface area contributed by atoms with E-state index in [0.717, 1.165) is 116 Å². The number of nitrogen functional groups attached to an aromatic ring is 2. The molecule has 0 aliphatic heterocycles. The van der Waals surface area contributed by atoms with Crippen LogP contribution in [-0.4, -0.2) is 30.9 Å². The molecule has 0 radical (unpaired) electrons. The minimum atomic E-state index is -0.105. The third kappa shape index (κ3) is 9.58. The zero-order chi connectivity index (χ0) is 44.7. The van der Waals surface area contributed by atoms with Gasteiger partial charge in [-0.25, -0.2) is 9.97 Å².